The van der Waals surface area contributed by atoms with Crippen LogP contribution in [0.4, 0.5) is 0 Å². The van der Waals surface area contributed by atoms with E-state index in [1.54, 1.807) is 30.9 Å². The number of halogens is 1. The lowest BCUT2D eigenvalue weighted by Crippen LogP contribution is -2.68. The Balaban J connectivity index is 1.78. The third kappa shape index (κ3) is 5.93. The molecule has 0 N–H and O–H groups in total. The minimum atomic E-state index is -0.991. The molecule has 7 heteroatoms. The number of esters is 1. The predicted octanol–water partition coefficient (Wildman–Crippen LogP) is 4.08. The van der Waals surface area contributed by atoms with Crippen LogP contribution in [-0.4, -0.2) is 52.8 Å². The molecule has 1 fully saturated rings. The van der Waals surface area contributed by atoms with Crippen molar-refractivity contribution in [3.05, 3.63) is 69.7 Å². The van der Waals surface area contributed by atoms with Crippen molar-refractivity contribution < 1.29 is 19.1 Å². The van der Waals surface area contributed by atoms with Crippen LogP contribution in [0.2, 0.25) is 5.02 Å². The molecule has 2 aromatic carbocycles. The molecule has 0 radical (unpaired) electrons. The van der Waals surface area contributed by atoms with Crippen LogP contribution in [0.15, 0.2) is 42.5 Å². The van der Waals surface area contributed by atoms with Gasteiger partial charge in [-0.25, -0.2) is 0 Å². The van der Waals surface area contributed by atoms with E-state index in [4.69, 9.17) is 16.3 Å². The fourth-order valence-corrected chi connectivity index (χ4v) is 4.46. The molecule has 3 rings (SSSR count). The lowest BCUT2D eigenvalue weighted by molar-refractivity contribution is -0.166. The van der Waals surface area contributed by atoms with E-state index in [2.05, 4.69) is 6.07 Å². The molecule has 0 aromatic heterocycles. The Morgan fingerprint density at radius 3 is 2.24 bits per heavy atom. The number of likely N-dealkylation sites (tertiary alicyclic amines) is 1. The Kier molecular flexibility index (Phi) is 7.80. The highest BCUT2D eigenvalue weighted by Gasteiger charge is 2.51. The Labute approximate surface area is 200 Å². The number of aryl methyl sites for hydroxylation is 2. The molecule has 0 spiro atoms. The van der Waals surface area contributed by atoms with Crippen molar-refractivity contribution >= 4 is 29.4 Å². The first-order valence-corrected chi connectivity index (χ1v) is 11.6. The largest absolute Gasteiger partial charge is 0.465 e. The molecule has 0 aliphatic carbocycles. The number of carbonyl (C=O) groups excluding carboxylic acids is 3. The number of ether oxygens (including phenoxy) is 1. The zero-order chi connectivity index (χ0) is 24.2. The molecule has 1 aliphatic heterocycles. The maximum Gasteiger partial charge on any atom is 0.325 e. The van der Waals surface area contributed by atoms with Gasteiger partial charge in [0.25, 0.3) is 0 Å². The monoisotopic (exact) mass is 470 g/mol. The highest BCUT2D eigenvalue weighted by Crippen LogP contribution is 2.33. The summed E-state index contributed by atoms with van der Waals surface area (Å²) in [5.41, 5.74) is 2.99. The Hall–Kier alpha value is -2.86. The van der Waals surface area contributed by atoms with E-state index in [9.17, 15) is 14.4 Å². The van der Waals surface area contributed by atoms with E-state index in [-0.39, 0.29) is 37.9 Å². The van der Waals surface area contributed by atoms with Gasteiger partial charge < -0.3 is 14.5 Å². The van der Waals surface area contributed by atoms with Crippen molar-refractivity contribution in [1.29, 1.82) is 0 Å². The average molecular weight is 471 g/mol. The van der Waals surface area contributed by atoms with Crippen molar-refractivity contribution in [2.24, 2.45) is 0 Å². The van der Waals surface area contributed by atoms with Crippen molar-refractivity contribution in [1.82, 2.24) is 9.80 Å². The average Bonchev–Trinajstić information content (AvgIpc) is 2.72. The molecule has 1 saturated heterocycles. The quantitative estimate of drug-likeness (QED) is 0.545. The molecule has 176 valence electrons. The van der Waals surface area contributed by atoms with Gasteiger partial charge in [0.05, 0.1) is 13.0 Å². The zero-order valence-corrected chi connectivity index (χ0v) is 20.4. The van der Waals surface area contributed by atoms with Crippen LogP contribution in [0.1, 0.15) is 42.5 Å². The summed E-state index contributed by atoms with van der Waals surface area (Å²) in [5.74, 6) is -0.828. The maximum absolute atomic E-state index is 13.6. The molecule has 1 aliphatic rings. The van der Waals surface area contributed by atoms with Gasteiger partial charge in [-0.2, -0.15) is 0 Å². The van der Waals surface area contributed by atoms with Gasteiger partial charge in [-0.1, -0.05) is 53.1 Å². The number of nitrogens with zero attached hydrogens (tertiary/aromatic N) is 2. The van der Waals surface area contributed by atoms with Crippen LogP contribution < -0.4 is 0 Å². The molecule has 33 heavy (non-hydrogen) atoms. The van der Waals surface area contributed by atoms with E-state index >= 15 is 0 Å². The van der Waals surface area contributed by atoms with Crippen molar-refractivity contribution in [2.45, 2.75) is 52.6 Å². The molecule has 2 aromatic rings. The summed E-state index contributed by atoms with van der Waals surface area (Å²) < 4.78 is 5.08. The highest BCUT2D eigenvalue weighted by molar-refractivity contribution is 6.30. The van der Waals surface area contributed by atoms with E-state index < -0.39 is 11.5 Å². The summed E-state index contributed by atoms with van der Waals surface area (Å²) in [6.45, 7) is 8.31. The van der Waals surface area contributed by atoms with Gasteiger partial charge in [-0.05, 0) is 57.4 Å². The Bertz CT molecular complexity index is 1020. The second-order valence-corrected chi connectivity index (χ2v) is 9.27. The zero-order valence-electron chi connectivity index (χ0n) is 19.7. The summed E-state index contributed by atoms with van der Waals surface area (Å²) in [4.78, 5) is 42.1. The molecule has 1 atom stereocenters. The Morgan fingerprint density at radius 1 is 1.06 bits per heavy atom. The van der Waals surface area contributed by atoms with Crippen molar-refractivity contribution in [3.8, 4) is 0 Å². The van der Waals surface area contributed by atoms with E-state index in [1.807, 2.05) is 38.1 Å². The molecule has 0 bridgehead atoms. The number of benzene rings is 2. The molecule has 1 heterocycles. The topological polar surface area (TPSA) is 66.9 Å². The number of rotatable bonds is 8. The number of carbonyl (C=O) groups is 3. The molecule has 0 saturated carbocycles. The summed E-state index contributed by atoms with van der Waals surface area (Å²) in [6, 6.07) is 13.2. The number of hydrogen-bond donors (Lipinski definition) is 0. The van der Waals surface area contributed by atoms with Crippen LogP contribution in [0.3, 0.4) is 0 Å². The molecular formula is C26H31ClN2O4. The van der Waals surface area contributed by atoms with Crippen LogP contribution in [-0.2, 0) is 32.1 Å². The van der Waals surface area contributed by atoms with E-state index in [1.165, 1.54) is 4.90 Å². The lowest BCUT2D eigenvalue weighted by Gasteiger charge is -2.51. The molecule has 1 unspecified atom stereocenters. The second-order valence-electron chi connectivity index (χ2n) is 8.83. The van der Waals surface area contributed by atoms with Gasteiger partial charge >= 0.3 is 5.97 Å². The summed E-state index contributed by atoms with van der Waals surface area (Å²) in [6.07, 6.45) is 0.783. The van der Waals surface area contributed by atoms with Gasteiger partial charge in [0, 0.05) is 18.1 Å². The summed E-state index contributed by atoms with van der Waals surface area (Å²) in [5, 5.41) is 0.594. The number of amides is 2. The highest BCUT2D eigenvalue weighted by atomic mass is 35.5. The van der Waals surface area contributed by atoms with Gasteiger partial charge in [-0.15, -0.1) is 0 Å². The van der Waals surface area contributed by atoms with Gasteiger partial charge in [0.1, 0.15) is 12.1 Å². The fourth-order valence-electron chi connectivity index (χ4n) is 4.34. The minimum Gasteiger partial charge on any atom is -0.465 e. The molecular weight excluding hydrogens is 440 g/mol. The second kappa shape index (κ2) is 10.4. The van der Waals surface area contributed by atoms with Crippen LogP contribution in [0, 0.1) is 13.8 Å². The van der Waals surface area contributed by atoms with Crippen LogP contribution in [0.25, 0.3) is 0 Å². The van der Waals surface area contributed by atoms with Crippen molar-refractivity contribution in [2.75, 3.05) is 19.7 Å². The fraction of sp³-hybridized carbons (Fsp3) is 0.423. The van der Waals surface area contributed by atoms with Gasteiger partial charge in [0.2, 0.25) is 11.8 Å². The maximum atomic E-state index is 13.6. The van der Waals surface area contributed by atoms with Gasteiger partial charge in [-0.3, -0.25) is 14.4 Å². The minimum absolute atomic E-state index is 0.0929. The summed E-state index contributed by atoms with van der Waals surface area (Å²) >= 11 is 5.98. The normalized spacial score (nSPS) is 17.3. The first-order valence-electron chi connectivity index (χ1n) is 11.2. The van der Waals surface area contributed by atoms with Crippen molar-refractivity contribution in [3.63, 3.8) is 0 Å². The van der Waals surface area contributed by atoms with E-state index in [0.29, 0.717) is 18.0 Å². The lowest BCUT2D eigenvalue weighted by atomic mass is 9.84. The first-order chi connectivity index (χ1) is 15.6. The standard InChI is InChI=1S/C26H31ClN2O4/c1-5-33-24(31)17-28(16-20-6-8-22(27)9-7-20)25(32)26(4)10-11-29(26)23(30)15-21-13-18(2)12-19(3)14-21/h6-9,12-14H,5,10-11,15-17H2,1-4H3. The van der Waals surface area contributed by atoms with Crippen LogP contribution in [0.5, 0.6) is 0 Å². The van der Waals surface area contributed by atoms with E-state index in [0.717, 1.165) is 22.3 Å². The molecule has 2 amide bonds. The van der Waals surface area contributed by atoms with Crippen LogP contribution >= 0.6 is 11.6 Å². The first kappa shape index (κ1) is 24.8. The Morgan fingerprint density at radius 2 is 1.70 bits per heavy atom. The predicted molar refractivity (Wildman–Crippen MR) is 128 cm³/mol. The SMILES string of the molecule is CCOC(=O)CN(Cc1ccc(Cl)cc1)C(=O)C1(C)CCN1C(=O)Cc1cc(C)cc(C)c1. The third-order valence-electron chi connectivity index (χ3n) is 6.02. The molecule has 6 nitrogen and oxygen atoms in total. The smallest absolute Gasteiger partial charge is 0.325 e. The van der Waals surface area contributed by atoms with Gasteiger partial charge in [0.15, 0.2) is 0 Å². The third-order valence-corrected chi connectivity index (χ3v) is 6.27. The number of hydrogen-bond acceptors (Lipinski definition) is 4. The summed E-state index contributed by atoms with van der Waals surface area (Å²) in [7, 11) is 0.